The summed E-state index contributed by atoms with van der Waals surface area (Å²) in [7, 11) is 1.82. The van der Waals surface area contributed by atoms with Gasteiger partial charge in [0, 0.05) is 18.4 Å². The molecule has 0 aliphatic carbocycles. The number of carbonyl (C=O) groups excluding carboxylic acids is 1. The fourth-order valence-corrected chi connectivity index (χ4v) is 2.14. The summed E-state index contributed by atoms with van der Waals surface area (Å²) in [5, 5.41) is 16.5. The number of aryl methyl sites for hydroxylation is 2. The highest BCUT2D eigenvalue weighted by molar-refractivity contribution is 6.05. The summed E-state index contributed by atoms with van der Waals surface area (Å²) in [5.41, 5.74) is 3.66. The van der Waals surface area contributed by atoms with E-state index < -0.39 is 6.10 Å². The number of amides is 1. The van der Waals surface area contributed by atoms with Gasteiger partial charge < -0.3 is 10.4 Å². The van der Waals surface area contributed by atoms with Gasteiger partial charge in [0.1, 0.15) is 0 Å². The summed E-state index contributed by atoms with van der Waals surface area (Å²) in [4.78, 5) is 12.3. The van der Waals surface area contributed by atoms with Gasteiger partial charge in [0.25, 0.3) is 5.91 Å². The van der Waals surface area contributed by atoms with Gasteiger partial charge in [-0.05, 0) is 38.5 Å². The second-order valence-electron chi connectivity index (χ2n) is 4.92. The van der Waals surface area contributed by atoms with Gasteiger partial charge in [-0.2, -0.15) is 5.10 Å². The number of aliphatic hydroxyl groups excluding tert-OH is 1. The topological polar surface area (TPSA) is 67.2 Å². The highest BCUT2D eigenvalue weighted by atomic mass is 16.3. The average molecular weight is 273 g/mol. The van der Waals surface area contributed by atoms with Crippen molar-refractivity contribution in [1.29, 1.82) is 0 Å². The minimum absolute atomic E-state index is 0.169. The Hall–Kier alpha value is -2.14. The third-order valence-electron chi connectivity index (χ3n) is 3.39. The molecule has 1 amide bonds. The molecule has 2 N–H and O–H groups in total. The van der Waals surface area contributed by atoms with Gasteiger partial charge in [0.05, 0.1) is 17.4 Å². The molecule has 106 valence electrons. The maximum absolute atomic E-state index is 12.3. The van der Waals surface area contributed by atoms with E-state index in [0.717, 1.165) is 11.3 Å². The molecule has 5 nitrogen and oxygen atoms in total. The highest BCUT2D eigenvalue weighted by Gasteiger charge is 2.17. The standard InChI is InChI=1S/C15H19N3O2/c1-9-14(10(2)18(4)17-9)15(20)16-13-7-5-12(6-8-13)11(3)19/h5-8,11,19H,1-4H3,(H,16,20). The monoisotopic (exact) mass is 273 g/mol. The Labute approximate surface area is 118 Å². The van der Waals surface area contributed by atoms with Crippen molar-refractivity contribution < 1.29 is 9.90 Å². The molecule has 5 heteroatoms. The van der Waals surface area contributed by atoms with Crippen molar-refractivity contribution >= 4 is 11.6 Å². The number of hydrogen-bond donors (Lipinski definition) is 2. The molecule has 0 aliphatic heterocycles. The van der Waals surface area contributed by atoms with Crippen LogP contribution in [-0.4, -0.2) is 20.8 Å². The number of anilines is 1. The van der Waals surface area contributed by atoms with Gasteiger partial charge in [0.2, 0.25) is 0 Å². The van der Waals surface area contributed by atoms with Crippen molar-refractivity contribution in [2.24, 2.45) is 7.05 Å². The van der Waals surface area contributed by atoms with Crippen LogP contribution in [-0.2, 0) is 7.05 Å². The van der Waals surface area contributed by atoms with E-state index in [-0.39, 0.29) is 5.91 Å². The van der Waals surface area contributed by atoms with Crippen LogP contribution >= 0.6 is 0 Å². The maximum atomic E-state index is 12.3. The lowest BCUT2D eigenvalue weighted by atomic mass is 10.1. The van der Waals surface area contributed by atoms with Crippen LogP contribution in [0.3, 0.4) is 0 Å². The summed E-state index contributed by atoms with van der Waals surface area (Å²) in [5.74, 6) is -0.169. The number of benzene rings is 1. The molecule has 0 saturated carbocycles. The van der Waals surface area contributed by atoms with E-state index in [4.69, 9.17) is 0 Å². The number of aliphatic hydroxyl groups is 1. The molecule has 20 heavy (non-hydrogen) atoms. The Balaban J connectivity index is 2.19. The maximum Gasteiger partial charge on any atom is 0.259 e. The molecule has 1 aromatic heterocycles. The molecule has 1 atom stereocenters. The molecule has 1 heterocycles. The zero-order valence-electron chi connectivity index (χ0n) is 12.1. The number of rotatable bonds is 3. The Morgan fingerprint density at radius 1 is 1.30 bits per heavy atom. The van der Waals surface area contributed by atoms with E-state index in [0.29, 0.717) is 16.9 Å². The average Bonchev–Trinajstić information content (AvgIpc) is 2.63. The van der Waals surface area contributed by atoms with Crippen molar-refractivity contribution in [2.75, 3.05) is 5.32 Å². The van der Waals surface area contributed by atoms with Gasteiger partial charge in [-0.15, -0.1) is 0 Å². The predicted molar refractivity (Wildman–Crippen MR) is 77.7 cm³/mol. The van der Waals surface area contributed by atoms with Crippen molar-refractivity contribution in [1.82, 2.24) is 9.78 Å². The van der Waals surface area contributed by atoms with Crippen molar-refractivity contribution in [3.8, 4) is 0 Å². The molecule has 1 aromatic carbocycles. The van der Waals surface area contributed by atoms with Gasteiger partial charge in [0.15, 0.2) is 0 Å². The lowest BCUT2D eigenvalue weighted by molar-refractivity contribution is 0.102. The number of nitrogens with one attached hydrogen (secondary N) is 1. The lowest BCUT2D eigenvalue weighted by Crippen LogP contribution is -2.14. The molecule has 0 aliphatic rings. The number of hydrogen-bond acceptors (Lipinski definition) is 3. The molecule has 0 bridgehead atoms. The molecule has 0 fully saturated rings. The highest BCUT2D eigenvalue weighted by Crippen LogP contribution is 2.18. The van der Waals surface area contributed by atoms with Crippen LogP contribution in [0.2, 0.25) is 0 Å². The largest absolute Gasteiger partial charge is 0.389 e. The Morgan fingerprint density at radius 2 is 1.90 bits per heavy atom. The first-order valence-corrected chi connectivity index (χ1v) is 6.49. The summed E-state index contributed by atoms with van der Waals surface area (Å²) in [6.07, 6.45) is -0.512. The van der Waals surface area contributed by atoms with Crippen LogP contribution in [0.5, 0.6) is 0 Å². The minimum Gasteiger partial charge on any atom is -0.389 e. The molecule has 2 aromatic rings. The fourth-order valence-electron chi connectivity index (χ4n) is 2.14. The Morgan fingerprint density at radius 3 is 2.35 bits per heavy atom. The van der Waals surface area contributed by atoms with Crippen LogP contribution in [0.15, 0.2) is 24.3 Å². The quantitative estimate of drug-likeness (QED) is 0.902. The molecule has 0 spiro atoms. The van der Waals surface area contributed by atoms with E-state index in [2.05, 4.69) is 10.4 Å². The van der Waals surface area contributed by atoms with Crippen LogP contribution in [0.4, 0.5) is 5.69 Å². The van der Waals surface area contributed by atoms with Crippen molar-refractivity contribution in [3.63, 3.8) is 0 Å². The number of carbonyl (C=O) groups is 1. The second kappa shape index (κ2) is 5.46. The normalized spacial score (nSPS) is 12.2. The van der Waals surface area contributed by atoms with E-state index in [1.165, 1.54) is 0 Å². The molecular formula is C15H19N3O2. The van der Waals surface area contributed by atoms with Crippen LogP contribution in [0, 0.1) is 13.8 Å². The zero-order chi connectivity index (χ0) is 14.9. The predicted octanol–water partition coefficient (Wildman–Crippen LogP) is 2.34. The van der Waals surface area contributed by atoms with Gasteiger partial charge in [-0.3, -0.25) is 9.48 Å². The SMILES string of the molecule is Cc1nn(C)c(C)c1C(=O)Nc1ccc(C(C)O)cc1. The molecule has 1 unspecified atom stereocenters. The van der Waals surface area contributed by atoms with E-state index in [9.17, 15) is 9.90 Å². The van der Waals surface area contributed by atoms with Crippen LogP contribution in [0.25, 0.3) is 0 Å². The molecule has 0 saturated heterocycles. The lowest BCUT2D eigenvalue weighted by Gasteiger charge is -2.08. The van der Waals surface area contributed by atoms with E-state index in [1.807, 2.05) is 20.9 Å². The van der Waals surface area contributed by atoms with E-state index in [1.54, 1.807) is 35.9 Å². The number of nitrogens with zero attached hydrogens (tertiary/aromatic N) is 2. The van der Waals surface area contributed by atoms with Gasteiger partial charge in [-0.25, -0.2) is 0 Å². The van der Waals surface area contributed by atoms with Gasteiger partial charge in [-0.1, -0.05) is 12.1 Å². The van der Waals surface area contributed by atoms with Gasteiger partial charge >= 0.3 is 0 Å². The third-order valence-corrected chi connectivity index (χ3v) is 3.39. The van der Waals surface area contributed by atoms with Crippen LogP contribution in [0.1, 0.15) is 40.3 Å². The first kappa shape index (κ1) is 14.3. The zero-order valence-corrected chi connectivity index (χ0v) is 12.1. The van der Waals surface area contributed by atoms with E-state index >= 15 is 0 Å². The smallest absolute Gasteiger partial charge is 0.259 e. The molecule has 2 rings (SSSR count). The summed E-state index contributed by atoms with van der Waals surface area (Å²) < 4.78 is 1.70. The molecule has 0 radical (unpaired) electrons. The first-order chi connectivity index (χ1) is 9.40. The number of aromatic nitrogens is 2. The summed E-state index contributed by atoms with van der Waals surface area (Å²) in [6.45, 7) is 5.39. The van der Waals surface area contributed by atoms with Crippen molar-refractivity contribution in [3.05, 3.63) is 46.8 Å². The molecular weight excluding hydrogens is 254 g/mol. The first-order valence-electron chi connectivity index (χ1n) is 6.49. The minimum atomic E-state index is -0.512. The third kappa shape index (κ3) is 2.72. The Kier molecular flexibility index (Phi) is 3.90. The fraction of sp³-hybridized carbons (Fsp3) is 0.333. The second-order valence-corrected chi connectivity index (χ2v) is 4.92. The summed E-state index contributed by atoms with van der Waals surface area (Å²) in [6, 6.07) is 7.15. The Bertz CT molecular complexity index is 627. The summed E-state index contributed by atoms with van der Waals surface area (Å²) >= 11 is 0. The van der Waals surface area contributed by atoms with Crippen LogP contribution < -0.4 is 5.32 Å². The van der Waals surface area contributed by atoms with Crippen molar-refractivity contribution in [2.45, 2.75) is 26.9 Å².